The number of sulfonamides is 1. The summed E-state index contributed by atoms with van der Waals surface area (Å²) in [6.07, 6.45) is 1.10. The van der Waals surface area contributed by atoms with Crippen LogP contribution in [0.4, 0.5) is 5.69 Å². The lowest BCUT2D eigenvalue weighted by Crippen LogP contribution is -2.39. The van der Waals surface area contributed by atoms with E-state index in [9.17, 15) is 13.2 Å². The summed E-state index contributed by atoms with van der Waals surface area (Å²) < 4.78 is 24.9. The summed E-state index contributed by atoms with van der Waals surface area (Å²) in [6, 6.07) is 5.48. The highest BCUT2D eigenvalue weighted by atomic mass is 32.2. The summed E-state index contributed by atoms with van der Waals surface area (Å²) in [5.41, 5.74) is 2.44. The molecule has 0 aliphatic heterocycles. The van der Waals surface area contributed by atoms with Crippen LogP contribution in [0.5, 0.6) is 0 Å². The molecule has 0 aliphatic rings. The molecule has 0 saturated heterocycles. The van der Waals surface area contributed by atoms with Crippen LogP contribution in [0.2, 0.25) is 0 Å². The topological polar surface area (TPSA) is 57.7 Å². The molecule has 0 unspecified atom stereocenters. The Kier molecular flexibility index (Phi) is 4.57. The second-order valence-corrected chi connectivity index (χ2v) is 6.81. The predicted octanol–water partition coefficient (Wildman–Crippen LogP) is 1.16. The molecule has 1 rings (SSSR count). The molecule has 6 heteroatoms. The average molecular weight is 284 g/mol. The van der Waals surface area contributed by atoms with Gasteiger partial charge in [0.25, 0.3) is 0 Å². The molecule has 1 aromatic carbocycles. The Morgan fingerprint density at radius 2 is 1.58 bits per heavy atom. The molecule has 0 atom stereocenters. The molecule has 19 heavy (non-hydrogen) atoms. The van der Waals surface area contributed by atoms with Crippen molar-refractivity contribution in [3.05, 3.63) is 29.3 Å². The largest absolute Gasteiger partial charge is 0.347 e. The lowest BCUT2D eigenvalue weighted by molar-refractivity contribution is -0.127. The van der Waals surface area contributed by atoms with Gasteiger partial charge >= 0.3 is 0 Å². The van der Waals surface area contributed by atoms with E-state index in [4.69, 9.17) is 0 Å². The van der Waals surface area contributed by atoms with E-state index in [0.717, 1.165) is 21.7 Å². The van der Waals surface area contributed by atoms with Gasteiger partial charge in [-0.2, -0.15) is 0 Å². The maximum atomic E-state index is 11.9. The number of hydrogen-bond donors (Lipinski definition) is 0. The van der Waals surface area contributed by atoms with Gasteiger partial charge < -0.3 is 4.90 Å². The molecule has 5 nitrogen and oxygen atoms in total. The normalized spacial score (nSPS) is 11.2. The van der Waals surface area contributed by atoms with Crippen LogP contribution in [0.15, 0.2) is 18.2 Å². The standard InChI is InChI=1S/C13H20N2O3S/c1-10-6-11(2)8-12(7-10)15(19(5,17)18)9-13(16)14(3)4/h6-8H,9H2,1-5H3. The molecule has 0 aliphatic carbocycles. The second kappa shape index (κ2) is 5.61. The maximum Gasteiger partial charge on any atom is 0.242 e. The zero-order chi connectivity index (χ0) is 14.8. The molecule has 0 aromatic heterocycles. The zero-order valence-electron chi connectivity index (χ0n) is 12.0. The van der Waals surface area contributed by atoms with Gasteiger partial charge in [0.1, 0.15) is 6.54 Å². The van der Waals surface area contributed by atoms with Gasteiger partial charge in [0, 0.05) is 14.1 Å². The average Bonchev–Trinajstić information content (AvgIpc) is 2.21. The minimum Gasteiger partial charge on any atom is -0.347 e. The Hall–Kier alpha value is -1.56. The van der Waals surface area contributed by atoms with Gasteiger partial charge in [-0.25, -0.2) is 8.42 Å². The minimum atomic E-state index is -3.49. The van der Waals surface area contributed by atoms with Gasteiger partial charge in [-0.3, -0.25) is 9.10 Å². The molecule has 0 radical (unpaired) electrons. The summed E-state index contributed by atoms with van der Waals surface area (Å²) >= 11 is 0. The van der Waals surface area contributed by atoms with Crippen molar-refractivity contribution in [1.29, 1.82) is 0 Å². The van der Waals surface area contributed by atoms with E-state index in [-0.39, 0.29) is 12.5 Å². The molecule has 1 amide bonds. The number of hydrogen-bond acceptors (Lipinski definition) is 3. The monoisotopic (exact) mass is 284 g/mol. The number of carbonyl (C=O) groups is 1. The second-order valence-electron chi connectivity index (χ2n) is 4.90. The van der Waals surface area contributed by atoms with Crippen molar-refractivity contribution in [1.82, 2.24) is 4.90 Å². The number of carbonyl (C=O) groups excluding carboxylic acids is 1. The van der Waals surface area contributed by atoms with E-state index in [1.807, 2.05) is 19.9 Å². The van der Waals surface area contributed by atoms with Crippen molar-refractivity contribution in [3.63, 3.8) is 0 Å². The Bertz CT molecular complexity index is 559. The van der Waals surface area contributed by atoms with Crippen molar-refractivity contribution in [2.45, 2.75) is 13.8 Å². The van der Waals surface area contributed by atoms with Crippen LogP contribution < -0.4 is 4.31 Å². The third-order valence-electron chi connectivity index (χ3n) is 2.67. The summed E-state index contributed by atoms with van der Waals surface area (Å²) in [5, 5.41) is 0. The maximum absolute atomic E-state index is 11.9. The molecule has 1 aromatic rings. The number of aryl methyl sites for hydroxylation is 2. The van der Waals surface area contributed by atoms with E-state index in [0.29, 0.717) is 5.69 Å². The van der Waals surface area contributed by atoms with Crippen LogP contribution in [0, 0.1) is 13.8 Å². The SMILES string of the molecule is Cc1cc(C)cc(N(CC(=O)N(C)C)S(C)(=O)=O)c1. The molecule has 0 fully saturated rings. The van der Waals surface area contributed by atoms with Gasteiger partial charge in [0.2, 0.25) is 15.9 Å². The highest BCUT2D eigenvalue weighted by Gasteiger charge is 2.21. The Labute approximate surface area is 114 Å². The highest BCUT2D eigenvalue weighted by molar-refractivity contribution is 7.92. The van der Waals surface area contributed by atoms with E-state index >= 15 is 0 Å². The first-order valence-corrected chi connectivity index (χ1v) is 7.72. The highest BCUT2D eigenvalue weighted by Crippen LogP contribution is 2.21. The van der Waals surface area contributed by atoms with Gasteiger partial charge in [-0.15, -0.1) is 0 Å². The summed E-state index contributed by atoms with van der Waals surface area (Å²) in [6.45, 7) is 3.60. The quantitative estimate of drug-likeness (QED) is 0.833. The fourth-order valence-corrected chi connectivity index (χ4v) is 2.59. The van der Waals surface area contributed by atoms with Crippen LogP contribution in [-0.2, 0) is 14.8 Å². The molecule has 0 bridgehead atoms. The number of amides is 1. The van der Waals surface area contributed by atoms with Gasteiger partial charge in [0.15, 0.2) is 0 Å². The first kappa shape index (κ1) is 15.5. The van der Waals surface area contributed by atoms with Crippen LogP contribution in [0.25, 0.3) is 0 Å². The molecule has 0 N–H and O–H groups in total. The zero-order valence-corrected chi connectivity index (χ0v) is 12.8. The first-order chi connectivity index (χ1) is 8.61. The number of likely N-dealkylation sites (N-methyl/N-ethyl adjacent to an activating group) is 1. The predicted molar refractivity (Wildman–Crippen MR) is 76.8 cm³/mol. The summed E-state index contributed by atoms with van der Waals surface area (Å²) in [7, 11) is -0.291. The minimum absolute atomic E-state index is 0.186. The van der Waals surface area contributed by atoms with Crippen molar-refractivity contribution in [2.24, 2.45) is 0 Å². The lowest BCUT2D eigenvalue weighted by atomic mass is 10.1. The number of rotatable bonds is 4. The number of benzene rings is 1. The Morgan fingerprint density at radius 1 is 1.11 bits per heavy atom. The van der Waals surface area contributed by atoms with Crippen LogP contribution in [0.3, 0.4) is 0 Å². The molecule has 0 heterocycles. The molecular formula is C13H20N2O3S. The van der Waals surface area contributed by atoms with Crippen molar-refractivity contribution < 1.29 is 13.2 Å². The third-order valence-corrected chi connectivity index (χ3v) is 3.81. The van der Waals surface area contributed by atoms with Gasteiger partial charge in [-0.1, -0.05) is 6.07 Å². The number of nitrogens with zero attached hydrogens (tertiary/aromatic N) is 2. The molecule has 0 spiro atoms. The van der Waals surface area contributed by atoms with Crippen LogP contribution in [0.1, 0.15) is 11.1 Å². The first-order valence-electron chi connectivity index (χ1n) is 5.87. The molecule has 0 saturated carbocycles. The lowest BCUT2D eigenvalue weighted by Gasteiger charge is -2.24. The van der Waals surface area contributed by atoms with E-state index in [1.165, 1.54) is 4.90 Å². The van der Waals surface area contributed by atoms with E-state index in [1.54, 1.807) is 26.2 Å². The number of anilines is 1. The Morgan fingerprint density at radius 3 is 1.95 bits per heavy atom. The molecule has 106 valence electrons. The summed E-state index contributed by atoms with van der Waals surface area (Å²) in [5.74, 6) is -0.260. The van der Waals surface area contributed by atoms with E-state index < -0.39 is 10.0 Å². The van der Waals surface area contributed by atoms with Gasteiger partial charge in [0.05, 0.1) is 11.9 Å². The van der Waals surface area contributed by atoms with E-state index in [2.05, 4.69) is 0 Å². The van der Waals surface area contributed by atoms with Crippen LogP contribution in [-0.4, -0.2) is 46.1 Å². The third kappa shape index (κ3) is 4.24. The molecular weight excluding hydrogens is 264 g/mol. The summed E-state index contributed by atoms with van der Waals surface area (Å²) in [4.78, 5) is 13.1. The van der Waals surface area contributed by atoms with Crippen molar-refractivity contribution in [2.75, 3.05) is 31.2 Å². The smallest absolute Gasteiger partial charge is 0.242 e. The van der Waals surface area contributed by atoms with Gasteiger partial charge in [-0.05, 0) is 37.1 Å². The Balaban J connectivity index is 3.22. The van der Waals surface area contributed by atoms with Crippen LogP contribution >= 0.6 is 0 Å². The fraction of sp³-hybridized carbons (Fsp3) is 0.462. The fourth-order valence-electron chi connectivity index (χ4n) is 1.76. The van der Waals surface area contributed by atoms with Crippen molar-refractivity contribution in [3.8, 4) is 0 Å². The van der Waals surface area contributed by atoms with Crippen molar-refractivity contribution >= 4 is 21.6 Å².